The number of nitrogens with zero attached hydrogens (tertiary/aromatic N) is 3. The molecular weight excluding hydrogens is 435 g/mol. The lowest BCUT2D eigenvalue weighted by atomic mass is 9.81. The number of likely N-dealkylation sites (tertiary alicyclic amines) is 1. The highest BCUT2D eigenvalue weighted by molar-refractivity contribution is 5.98. The lowest BCUT2D eigenvalue weighted by Crippen LogP contribution is -2.48. The molecule has 1 saturated carbocycles. The fourth-order valence-electron chi connectivity index (χ4n) is 4.79. The Morgan fingerprint density at radius 2 is 1.88 bits per heavy atom. The van der Waals surface area contributed by atoms with Crippen molar-refractivity contribution in [1.29, 1.82) is 0 Å². The Kier molecular flexibility index (Phi) is 6.17. The molecule has 1 amide bonds. The van der Waals surface area contributed by atoms with Crippen LogP contribution in [0.4, 0.5) is 24.7 Å². The quantitative estimate of drug-likeness (QED) is 0.601. The van der Waals surface area contributed by atoms with Gasteiger partial charge in [0.25, 0.3) is 5.91 Å². The number of nitrogens with two attached hydrogens (primary N) is 1. The summed E-state index contributed by atoms with van der Waals surface area (Å²) >= 11 is 0. The number of primary amides is 1. The number of alkyl halides is 3. The van der Waals surface area contributed by atoms with E-state index in [1.54, 1.807) is 10.9 Å². The van der Waals surface area contributed by atoms with Crippen LogP contribution in [0, 0.1) is 5.92 Å². The van der Waals surface area contributed by atoms with Gasteiger partial charge in [-0.2, -0.15) is 18.3 Å². The second kappa shape index (κ2) is 8.64. The van der Waals surface area contributed by atoms with Crippen LogP contribution in [0.25, 0.3) is 0 Å². The minimum atomic E-state index is -4.80. The molecule has 1 saturated heterocycles. The third-order valence-electron chi connectivity index (χ3n) is 7.10. The van der Waals surface area contributed by atoms with E-state index in [0.717, 1.165) is 19.3 Å². The van der Waals surface area contributed by atoms with Crippen molar-refractivity contribution >= 4 is 17.4 Å². The third-order valence-corrected chi connectivity index (χ3v) is 7.10. The summed E-state index contributed by atoms with van der Waals surface area (Å²) in [6, 6.07) is 5.92. The number of benzene rings is 1. The SMILES string of the molecule is C[C@H]1C[C@@H](N2CCC2)CC[C@@H]1n1cc(C(N)=O)c(Nc2ccc([C@@](C)(O)C(F)(F)F)cc2)n1. The van der Waals surface area contributed by atoms with Crippen molar-refractivity contribution in [3.8, 4) is 0 Å². The van der Waals surface area contributed by atoms with Crippen LogP contribution in [-0.2, 0) is 5.60 Å². The molecule has 7 nitrogen and oxygen atoms in total. The molecule has 180 valence electrons. The number of aliphatic hydroxyl groups is 1. The smallest absolute Gasteiger partial charge is 0.376 e. The maximum absolute atomic E-state index is 13.1. The van der Waals surface area contributed by atoms with E-state index in [0.29, 0.717) is 24.6 Å². The molecule has 0 bridgehead atoms. The summed E-state index contributed by atoms with van der Waals surface area (Å²) < 4.78 is 41.0. The molecule has 4 N–H and O–H groups in total. The van der Waals surface area contributed by atoms with Gasteiger partial charge < -0.3 is 21.1 Å². The first-order chi connectivity index (χ1) is 15.5. The summed E-state index contributed by atoms with van der Waals surface area (Å²) in [7, 11) is 0. The van der Waals surface area contributed by atoms with E-state index in [2.05, 4.69) is 22.2 Å². The first kappa shape index (κ1) is 23.6. The first-order valence-corrected chi connectivity index (χ1v) is 11.3. The highest BCUT2D eigenvalue weighted by Crippen LogP contribution is 2.40. The maximum Gasteiger partial charge on any atom is 0.421 e. The number of halogens is 3. The van der Waals surface area contributed by atoms with Crippen molar-refractivity contribution in [3.05, 3.63) is 41.6 Å². The lowest BCUT2D eigenvalue weighted by Gasteiger charge is -2.44. The van der Waals surface area contributed by atoms with Crippen molar-refractivity contribution < 1.29 is 23.1 Å². The molecule has 1 aliphatic carbocycles. The Labute approximate surface area is 190 Å². The van der Waals surface area contributed by atoms with Crippen molar-refractivity contribution in [2.75, 3.05) is 18.4 Å². The Morgan fingerprint density at radius 1 is 1.21 bits per heavy atom. The van der Waals surface area contributed by atoms with Crippen molar-refractivity contribution in [3.63, 3.8) is 0 Å². The van der Waals surface area contributed by atoms with Crippen LogP contribution < -0.4 is 11.1 Å². The fraction of sp³-hybridized carbons (Fsp3) is 0.565. The van der Waals surface area contributed by atoms with Gasteiger partial charge in [-0.15, -0.1) is 0 Å². The van der Waals surface area contributed by atoms with Crippen LogP contribution in [0.1, 0.15) is 61.5 Å². The number of anilines is 2. The van der Waals surface area contributed by atoms with E-state index in [-0.39, 0.29) is 23.0 Å². The van der Waals surface area contributed by atoms with Crippen LogP contribution in [0.3, 0.4) is 0 Å². The number of carbonyl (C=O) groups is 1. The van der Waals surface area contributed by atoms with Crippen LogP contribution in [-0.4, -0.2) is 51.0 Å². The average Bonchev–Trinajstić information content (AvgIpc) is 3.10. The number of amides is 1. The van der Waals surface area contributed by atoms with Gasteiger partial charge in [0.15, 0.2) is 11.4 Å². The zero-order chi connectivity index (χ0) is 24.0. The third kappa shape index (κ3) is 4.59. The molecule has 4 rings (SSSR count). The minimum Gasteiger partial charge on any atom is -0.376 e. The van der Waals surface area contributed by atoms with E-state index in [4.69, 9.17) is 5.73 Å². The molecule has 1 aliphatic heterocycles. The van der Waals surface area contributed by atoms with Crippen molar-refractivity contribution in [2.45, 2.75) is 63.4 Å². The molecule has 33 heavy (non-hydrogen) atoms. The van der Waals surface area contributed by atoms with Crippen LogP contribution >= 0.6 is 0 Å². The van der Waals surface area contributed by atoms with Gasteiger partial charge >= 0.3 is 6.18 Å². The molecule has 1 aromatic heterocycles. The zero-order valence-corrected chi connectivity index (χ0v) is 18.8. The Balaban J connectivity index is 1.51. The van der Waals surface area contributed by atoms with Crippen molar-refractivity contribution in [1.82, 2.24) is 14.7 Å². The molecule has 0 spiro atoms. The highest BCUT2D eigenvalue weighted by Gasteiger charge is 2.51. The topological polar surface area (TPSA) is 96.4 Å². The molecule has 0 radical (unpaired) electrons. The summed E-state index contributed by atoms with van der Waals surface area (Å²) in [4.78, 5) is 14.6. The minimum absolute atomic E-state index is 0.139. The van der Waals surface area contributed by atoms with E-state index in [1.807, 2.05) is 0 Å². The standard InChI is InChI=1S/C23H30F3N5O2/c1-14-12-17(30-10-3-11-30)8-9-19(14)31-13-18(20(27)32)21(29-31)28-16-6-4-15(5-7-16)22(2,33)23(24,25)26/h4-7,13-14,17,19,33H,3,8-12H2,1-2H3,(H2,27,32)(H,28,29)/t14-,17-,19-,22+/m0/s1. The van der Waals surface area contributed by atoms with Gasteiger partial charge in [0.05, 0.1) is 6.04 Å². The molecular formula is C23H30F3N5O2. The predicted molar refractivity (Wildman–Crippen MR) is 118 cm³/mol. The van der Waals surface area contributed by atoms with Gasteiger partial charge in [0.2, 0.25) is 0 Å². The maximum atomic E-state index is 13.1. The average molecular weight is 466 g/mol. The molecule has 2 aliphatic rings. The van der Waals surface area contributed by atoms with E-state index in [9.17, 15) is 23.1 Å². The number of hydrogen-bond donors (Lipinski definition) is 3. The predicted octanol–water partition coefficient (Wildman–Crippen LogP) is 3.93. The Bertz CT molecular complexity index is 999. The lowest BCUT2D eigenvalue weighted by molar-refractivity contribution is -0.258. The normalized spacial score (nSPS) is 25.8. The molecule has 2 heterocycles. The molecule has 10 heteroatoms. The van der Waals surface area contributed by atoms with E-state index >= 15 is 0 Å². The molecule has 2 fully saturated rings. The molecule has 0 unspecified atom stereocenters. The summed E-state index contributed by atoms with van der Waals surface area (Å²) in [5.74, 6) is -0.00102. The van der Waals surface area contributed by atoms with Gasteiger partial charge in [-0.25, -0.2) is 0 Å². The molecule has 4 atom stereocenters. The van der Waals surface area contributed by atoms with E-state index in [1.165, 1.54) is 43.8 Å². The summed E-state index contributed by atoms with van der Waals surface area (Å²) in [6.07, 6.45) is 1.20. The van der Waals surface area contributed by atoms with Crippen LogP contribution in [0.2, 0.25) is 0 Å². The zero-order valence-electron chi connectivity index (χ0n) is 18.8. The van der Waals surface area contributed by atoms with Gasteiger partial charge in [0.1, 0.15) is 5.56 Å². The second-order valence-corrected chi connectivity index (χ2v) is 9.41. The van der Waals surface area contributed by atoms with Crippen LogP contribution in [0.15, 0.2) is 30.5 Å². The van der Waals surface area contributed by atoms with Crippen molar-refractivity contribution in [2.24, 2.45) is 11.7 Å². The first-order valence-electron chi connectivity index (χ1n) is 11.3. The van der Waals surface area contributed by atoms with Crippen LogP contribution in [0.5, 0.6) is 0 Å². The number of hydrogen-bond acceptors (Lipinski definition) is 5. The number of rotatable bonds is 6. The highest BCUT2D eigenvalue weighted by atomic mass is 19.4. The summed E-state index contributed by atoms with van der Waals surface area (Å²) in [5, 5.41) is 17.4. The summed E-state index contributed by atoms with van der Waals surface area (Å²) in [6.45, 7) is 5.24. The second-order valence-electron chi connectivity index (χ2n) is 9.41. The molecule has 1 aromatic carbocycles. The van der Waals surface area contributed by atoms with Gasteiger partial charge in [0, 0.05) is 17.9 Å². The molecule has 2 aromatic rings. The fourth-order valence-corrected chi connectivity index (χ4v) is 4.79. The van der Waals surface area contributed by atoms with E-state index < -0.39 is 17.7 Å². The van der Waals surface area contributed by atoms with Gasteiger partial charge in [-0.05, 0) is 69.3 Å². The largest absolute Gasteiger partial charge is 0.421 e. The van der Waals surface area contributed by atoms with Gasteiger partial charge in [-0.1, -0.05) is 19.1 Å². The number of nitrogens with one attached hydrogen (secondary N) is 1. The summed E-state index contributed by atoms with van der Waals surface area (Å²) in [5.41, 5.74) is 2.97. The van der Waals surface area contributed by atoms with Gasteiger partial charge in [-0.3, -0.25) is 9.48 Å². The number of aromatic nitrogens is 2. The number of carbonyl (C=O) groups excluding carboxylic acids is 1. The Hall–Kier alpha value is -2.59. The Morgan fingerprint density at radius 3 is 2.39 bits per heavy atom. The monoisotopic (exact) mass is 465 g/mol.